The number of hydrogen-bond donors (Lipinski definition) is 1. The number of primary amides is 1. The van der Waals surface area contributed by atoms with Crippen molar-refractivity contribution >= 4 is 17.7 Å². The van der Waals surface area contributed by atoms with Gasteiger partial charge in [-0.15, -0.1) is 0 Å². The zero-order valence-corrected chi connectivity index (χ0v) is 10.2. The molecule has 2 N–H and O–H groups in total. The Morgan fingerprint density at radius 1 is 1.33 bits per heavy atom. The highest BCUT2D eigenvalue weighted by atomic mass is 16.2. The summed E-state index contributed by atoms with van der Waals surface area (Å²) in [6.45, 7) is 1.76. The van der Waals surface area contributed by atoms with Crippen LogP contribution in [0.15, 0.2) is 12.2 Å². The van der Waals surface area contributed by atoms with E-state index >= 15 is 0 Å². The first kappa shape index (κ1) is 11.4. The van der Waals surface area contributed by atoms with Crippen LogP contribution in [0, 0.1) is 23.7 Å². The molecule has 2 fully saturated rings. The summed E-state index contributed by atoms with van der Waals surface area (Å²) in [5.74, 6) is -1.15. The first-order valence-electron chi connectivity index (χ1n) is 6.40. The fraction of sp³-hybridized carbons (Fsp3) is 0.615. The van der Waals surface area contributed by atoms with Gasteiger partial charge in [0.25, 0.3) is 0 Å². The Bertz CT molecular complexity index is 441. The number of allylic oxidation sites excluding steroid dienone is 2. The van der Waals surface area contributed by atoms with E-state index in [9.17, 15) is 14.4 Å². The lowest BCUT2D eigenvalue weighted by Crippen LogP contribution is -2.48. The third-order valence-electron chi connectivity index (χ3n) is 4.53. The van der Waals surface area contributed by atoms with E-state index in [-0.39, 0.29) is 35.5 Å². The van der Waals surface area contributed by atoms with Crippen LogP contribution in [0.1, 0.15) is 19.8 Å². The van der Waals surface area contributed by atoms with E-state index in [0.29, 0.717) is 6.42 Å². The smallest absolute Gasteiger partial charge is 0.240 e. The molecule has 3 amide bonds. The number of fused-ring (bicyclic) bond motifs is 5. The number of imide groups is 1. The van der Waals surface area contributed by atoms with Gasteiger partial charge in [0.05, 0.1) is 11.8 Å². The fourth-order valence-electron chi connectivity index (χ4n) is 3.74. The maximum absolute atomic E-state index is 12.4. The molecule has 5 heteroatoms. The van der Waals surface area contributed by atoms with Crippen LogP contribution in [0.4, 0.5) is 0 Å². The molecule has 1 saturated heterocycles. The molecular weight excluding hydrogens is 232 g/mol. The van der Waals surface area contributed by atoms with Crippen LogP contribution in [0.2, 0.25) is 0 Å². The second-order valence-corrected chi connectivity index (χ2v) is 5.37. The van der Waals surface area contributed by atoms with Crippen LogP contribution in [-0.4, -0.2) is 28.7 Å². The zero-order chi connectivity index (χ0) is 13.0. The second kappa shape index (κ2) is 3.67. The van der Waals surface area contributed by atoms with Gasteiger partial charge in [-0.2, -0.15) is 0 Å². The summed E-state index contributed by atoms with van der Waals surface area (Å²) in [6.07, 6.45) is 5.35. The van der Waals surface area contributed by atoms with E-state index in [1.54, 1.807) is 6.92 Å². The number of nitrogens with two attached hydrogens (primary N) is 1. The van der Waals surface area contributed by atoms with Gasteiger partial charge in [-0.1, -0.05) is 19.1 Å². The lowest BCUT2D eigenvalue weighted by Gasteiger charge is -2.24. The van der Waals surface area contributed by atoms with Crippen LogP contribution < -0.4 is 5.73 Å². The van der Waals surface area contributed by atoms with Crippen molar-refractivity contribution < 1.29 is 14.4 Å². The number of likely N-dealkylation sites (tertiary alicyclic amines) is 1. The third-order valence-corrected chi connectivity index (χ3v) is 4.53. The Labute approximate surface area is 105 Å². The molecule has 0 unspecified atom stereocenters. The van der Waals surface area contributed by atoms with Crippen molar-refractivity contribution in [1.82, 2.24) is 4.90 Å². The molecule has 2 bridgehead atoms. The van der Waals surface area contributed by atoms with Crippen molar-refractivity contribution in [2.45, 2.75) is 25.8 Å². The van der Waals surface area contributed by atoms with Crippen LogP contribution in [0.3, 0.4) is 0 Å². The molecule has 2 aliphatic carbocycles. The van der Waals surface area contributed by atoms with Crippen LogP contribution in [0.5, 0.6) is 0 Å². The Morgan fingerprint density at radius 3 is 2.22 bits per heavy atom. The molecule has 0 radical (unpaired) electrons. The molecule has 1 heterocycles. The molecule has 0 aromatic rings. The van der Waals surface area contributed by atoms with E-state index < -0.39 is 11.9 Å². The fourth-order valence-corrected chi connectivity index (χ4v) is 3.74. The molecule has 5 nitrogen and oxygen atoms in total. The maximum atomic E-state index is 12.4. The number of carbonyl (C=O) groups excluding carboxylic acids is 3. The van der Waals surface area contributed by atoms with Crippen molar-refractivity contribution in [1.29, 1.82) is 0 Å². The lowest BCUT2D eigenvalue weighted by molar-refractivity contribution is -0.147. The summed E-state index contributed by atoms with van der Waals surface area (Å²) in [4.78, 5) is 37.2. The van der Waals surface area contributed by atoms with Crippen LogP contribution in [0.25, 0.3) is 0 Å². The van der Waals surface area contributed by atoms with E-state index in [0.717, 1.165) is 11.3 Å². The molecule has 18 heavy (non-hydrogen) atoms. The van der Waals surface area contributed by atoms with E-state index in [2.05, 4.69) is 0 Å². The van der Waals surface area contributed by atoms with Crippen molar-refractivity contribution in [3.63, 3.8) is 0 Å². The standard InChI is InChI=1S/C13H16N2O3/c1-2-8(11(14)16)15-12(17)9-6-3-4-7(5-6)10(9)13(15)18/h3-4,6-10H,2,5H2,1H3,(H2,14,16)/t6-,7-,8+,9-,10-/m0/s1. The summed E-state index contributed by atoms with van der Waals surface area (Å²) in [5.41, 5.74) is 5.29. The van der Waals surface area contributed by atoms with Crippen molar-refractivity contribution in [2.24, 2.45) is 29.4 Å². The Kier molecular flexibility index (Phi) is 2.33. The van der Waals surface area contributed by atoms with Gasteiger partial charge in [-0.25, -0.2) is 0 Å². The highest BCUT2D eigenvalue weighted by molar-refractivity contribution is 6.09. The minimum absolute atomic E-state index is 0.173. The largest absolute Gasteiger partial charge is 0.368 e. The second-order valence-electron chi connectivity index (χ2n) is 5.37. The molecule has 3 aliphatic rings. The number of rotatable bonds is 3. The Hall–Kier alpha value is -1.65. The van der Waals surface area contributed by atoms with Gasteiger partial charge in [0, 0.05) is 0 Å². The normalized spacial score (nSPS) is 38.4. The predicted molar refractivity (Wildman–Crippen MR) is 62.8 cm³/mol. The van der Waals surface area contributed by atoms with Crippen LogP contribution >= 0.6 is 0 Å². The number of amides is 3. The highest BCUT2D eigenvalue weighted by Crippen LogP contribution is 2.52. The third kappa shape index (κ3) is 1.24. The summed E-state index contributed by atoms with van der Waals surface area (Å²) >= 11 is 0. The molecule has 0 spiro atoms. The first-order chi connectivity index (χ1) is 8.56. The van der Waals surface area contributed by atoms with Crippen molar-refractivity contribution in [3.05, 3.63) is 12.2 Å². The quantitative estimate of drug-likeness (QED) is 0.566. The summed E-state index contributed by atoms with van der Waals surface area (Å²) < 4.78 is 0. The molecule has 1 saturated carbocycles. The summed E-state index contributed by atoms with van der Waals surface area (Å²) in [5, 5.41) is 0. The number of carbonyl (C=O) groups is 3. The van der Waals surface area contributed by atoms with Gasteiger partial charge >= 0.3 is 0 Å². The van der Waals surface area contributed by atoms with E-state index in [4.69, 9.17) is 5.73 Å². The van der Waals surface area contributed by atoms with Gasteiger partial charge in [0.1, 0.15) is 6.04 Å². The molecule has 5 atom stereocenters. The average Bonchev–Trinajstić information content (AvgIpc) is 2.98. The minimum atomic E-state index is -0.782. The zero-order valence-electron chi connectivity index (χ0n) is 10.2. The molecular formula is C13H16N2O3. The SMILES string of the molecule is CC[C@H](C(N)=O)N1C(=O)[C@@H]2[C@@H](C1=O)[C@H]1C=C[C@H]2C1. The minimum Gasteiger partial charge on any atom is -0.368 e. The Morgan fingerprint density at radius 2 is 1.83 bits per heavy atom. The Balaban J connectivity index is 1.94. The predicted octanol–water partition coefficient (Wildman–Crippen LogP) is 0.0574. The van der Waals surface area contributed by atoms with Gasteiger partial charge in [-0.3, -0.25) is 19.3 Å². The maximum Gasteiger partial charge on any atom is 0.240 e. The summed E-state index contributed by atoms with van der Waals surface area (Å²) in [6, 6.07) is -0.782. The van der Waals surface area contributed by atoms with Gasteiger partial charge in [0.15, 0.2) is 0 Å². The first-order valence-corrected chi connectivity index (χ1v) is 6.40. The number of hydrogen-bond acceptors (Lipinski definition) is 3. The van der Waals surface area contributed by atoms with E-state index in [1.165, 1.54) is 0 Å². The lowest BCUT2D eigenvalue weighted by atomic mass is 9.85. The van der Waals surface area contributed by atoms with E-state index in [1.807, 2.05) is 12.2 Å². The summed E-state index contributed by atoms with van der Waals surface area (Å²) in [7, 11) is 0. The van der Waals surface area contributed by atoms with Gasteiger partial charge in [0.2, 0.25) is 17.7 Å². The monoisotopic (exact) mass is 248 g/mol. The van der Waals surface area contributed by atoms with Gasteiger partial charge in [-0.05, 0) is 24.7 Å². The molecule has 1 aliphatic heterocycles. The topological polar surface area (TPSA) is 80.5 Å². The number of nitrogens with zero attached hydrogens (tertiary/aromatic N) is 1. The van der Waals surface area contributed by atoms with Gasteiger partial charge < -0.3 is 5.73 Å². The highest BCUT2D eigenvalue weighted by Gasteiger charge is 2.60. The molecule has 96 valence electrons. The molecule has 3 rings (SSSR count). The van der Waals surface area contributed by atoms with Crippen molar-refractivity contribution in [2.75, 3.05) is 0 Å². The van der Waals surface area contributed by atoms with Crippen molar-refractivity contribution in [3.8, 4) is 0 Å². The molecule has 0 aromatic carbocycles. The molecule has 0 aromatic heterocycles. The average molecular weight is 248 g/mol. The van der Waals surface area contributed by atoms with Crippen LogP contribution in [-0.2, 0) is 14.4 Å².